The van der Waals surface area contributed by atoms with Crippen LogP contribution in [0.2, 0.25) is 0 Å². The Morgan fingerprint density at radius 1 is 1.41 bits per heavy atom. The van der Waals surface area contributed by atoms with E-state index in [1.54, 1.807) is 23.8 Å². The molecule has 0 unspecified atom stereocenters. The molecule has 84 valence electrons. The topological polar surface area (TPSA) is 76.2 Å². The van der Waals surface area contributed by atoms with Gasteiger partial charge in [-0.3, -0.25) is 4.98 Å². The van der Waals surface area contributed by atoms with E-state index in [0.29, 0.717) is 17.0 Å². The number of hydrogen-bond donors (Lipinski definition) is 1. The van der Waals surface area contributed by atoms with Gasteiger partial charge in [-0.15, -0.1) is 11.3 Å². The fraction of sp³-hybridized carbons (Fsp3) is 0. The van der Waals surface area contributed by atoms with Crippen LogP contribution in [0.3, 0.4) is 0 Å². The zero-order valence-electron chi connectivity index (χ0n) is 8.45. The highest BCUT2D eigenvalue weighted by atomic mass is 32.1. The Kier molecular flexibility index (Phi) is 2.15. The van der Waals surface area contributed by atoms with Crippen molar-refractivity contribution < 1.29 is 14.3 Å². The Hall–Kier alpha value is -2.21. The number of thiazole rings is 1. The molecule has 0 aliphatic rings. The lowest BCUT2D eigenvalue weighted by Gasteiger charge is -1.92. The van der Waals surface area contributed by atoms with Crippen molar-refractivity contribution in [3.05, 3.63) is 35.5 Å². The summed E-state index contributed by atoms with van der Waals surface area (Å²) in [6.07, 6.45) is 1.63. The number of aromatic carboxylic acids is 1. The van der Waals surface area contributed by atoms with Gasteiger partial charge >= 0.3 is 5.97 Å². The van der Waals surface area contributed by atoms with E-state index in [2.05, 4.69) is 9.97 Å². The van der Waals surface area contributed by atoms with E-state index in [0.717, 1.165) is 4.88 Å². The van der Waals surface area contributed by atoms with E-state index < -0.39 is 5.97 Å². The van der Waals surface area contributed by atoms with Crippen molar-refractivity contribution in [2.45, 2.75) is 0 Å². The van der Waals surface area contributed by atoms with Gasteiger partial charge in [0, 0.05) is 0 Å². The normalized spacial score (nSPS) is 10.8. The van der Waals surface area contributed by atoms with Crippen molar-refractivity contribution in [1.82, 2.24) is 9.97 Å². The van der Waals surface area contributed by atoms with Gasteiger partial charge in [-0.2, -0.15) is 0 Å². The number of carbonyl (C=O) groups is 1. The molecule has 1 aromatic carbocycles. The van der Waals surface area contributed by atoms with Gasteiger partial charge in [-0.25, -0.2) is 9.78 Å². The molecule has 0 aliphatic heterocycles. The van der Waals surface area contributed by atoms with E-state index in [-0.39, 0.29) is 5.56 Å². The van der Waals surface area contributed by atoms with Crippen LogP contribution in [0.15, 0.2) is 34.3 Å². The Morgan fingerprint density at radius 3 is 3.00 bits per heavy atom. The highest BCUT2D eigenvalue weighted by Gasteiger charge is 2.15. The van der Waals surface area contributed by atoms with Crippen LogP contribution in [0.4, 0.5) is 0 Å². The Bertz CT molecular complexity index is 688. The van der Waals surface area contributed by atoms with Crippen LogP contribution < -0.4 is 0 Å². The molecule has 0 radical (unpaired) electrons. The highest BCUT2D eigenvalue weighted by Crippen LogP contribution is 2.28. The van der Waals surface area contributed by atoms with Crippen LogP contribution >= 0.6 is 11.3 Å². The maximum absolute atomic E-state index is 11.0. The summed E-state index contributed by atoms with van der Waals surface area (Å²) in [7, 11) is 0. The summed E-state index contributed by atoms with van der Waals surface area (Å²) in [5, 5.41) is 9.03. The lowest BCUT2D eigenvalue weighted by molar-refractivity contribution is 0.0698. The fourth-order valence-electron chi connectivity index (χ4n) is 1.54. The summed E-state index contributed by atoms with van der Waals surface area (Å²) in [6.45, 7) is 0. The van der Waals surface area contributed by atoms with Gasteiger partial charge in [0.2, 0.25) is 5.89 Å². The first kappa shape index (κ1) is 9.98. The van der Waals surface area contributed by atoms with Crippen molar-refractivity contribution in [1.29, 1.82) is 0 Å². The van der Waals surface area contributed by atoms with Gasteiger partial charge in [-0.1, -0.05) is 6.07 Å². The van der Waals surface area contributed by atoms with Gasteiger partial charge in [-0.05, 0) is 12.1 Å². The second kappa shape index (κ2) is 3.67. The molecule has 0 spiro atoms. The van der Waals surface area contributed by atoms with Gasteiger partial charge in [0.15, 0.2) is 5.58 Å². The van der Waals surface area contributed by atoms with E-state index in [9.17, 15) is 4.79 Å². The van der Waals surface area contributed by atoms with Crippen LogP contribution in [-0.2, 0) is 0 Å². The van der Waals surface area contributed by atoms with E-state index >= 15 is 0 Å². The molecule has 3 aromatic rings. The first-order chi connectivity index (χ1) is 8.25. The lowest BCUT2D eigenvalue weighted by atomic mass is 10.2. The molecular formula is C11H6N2O3S. The van der Waals surface area contributed by atoms with Gasteiger partial charge in [0.1, 0.15) is 16.0 Å². The number of para-hydroxylation sites is 1. The Morgan fingerprint density at radius 2 is 2.29 bits per heavy atom. The molecule has 2 aromatic heterocycles. The number of fused-ring (bicyclic) bond motifs is 1. The predicted octanol–water partition coefficient (Wildman–Crippen LogP) is 2.65. The van der Waals surface area contributed by atoms with Crippen molar-refractivity contribution >= 4 is 28.4 Å². The summed E-state index contributed by atoms with van der Waals surface area (Å²) in [4.78, 5) is 20.0. The summed E-state index contributed by atoms with van der Waals surface area (Å²) in [5.74, 6) is -0.626. The number of oxazole rings is 1. The molecule has 17 heavy (non-hydrogen) atoms. The van der Waals surface area contributed by atoms with E-state index in [1.807, 2.05) is 0 Å². The first-order valence-electron chi connectivity index (χ1n) is 4.77. The number of nitrogens with zero attached hydrogens (tertiary/aromatic N) is 2. The maximum Gasteiger partial charge on any atom is 0.339 e. The predicted molar refractivity (Wildman–Crippen MR) is 62.1 cm³/mol. The molecule has 0 aliphatic carbocycles. The maximum atomic E-state index is 11.0. The molecule has 0 bridgehead atoms. The molecule has 0 amide bonds. The SMILES string of the molecule is O=C(O)c1cccc2nc(-c3cncs3)oc12. The smallest absolute Gasteiger partial charge is 0.339 e. The van der Waals surface area contributed by atoms with E-state index in [1.165, 1.54) is 17.4 Å². The van der Waals surface area contributed by atoms with Crippen LogP contribution in [-0.4, -0.2) is 21.0 Å². The molecule has 6 heteroatoms. The first-order valence-corrected chi connectivity index (χ1v) is 5.65. The quantitative estimate of drug-likeness (QED) is 0.752. The molecule has 0 atom stereocenters. The summed E-state index contributed by atoms with van der Waals surface area (Å²) in [5.41, 5.74) is 2.62. The summed E-state index contributed by atoms with van der Waals surface area (Å²) < 4.78 is 5.48. The minimum atomic E-state index is -1.03. The minimum absolute atomic E-state index is 0.116. The molecule has 0 saturated carbocycles. The van der Waals surface area contributed by atoms with Crippen LogP contribution in [0.25, 0.3) is 21.9 Å². The van der Waals surface area contributed by atoms with Crippen LogP contribution in [0.1, 0.15) is 10.4 Å². The summed E-state index contributed by atoms with van der Waals surface area (Å²) >= 11 is 1.39. The molecule has 1 N–H and O–H groups in total. The fourth-order valence-corrected chi connectivity index (χ4v) is 2.09. The monoisotopic (exact) mass is 246 g/mol. The average molecular weight is 246 g/mol. The number of carboxylic acid groups (broad SMARTS) is 1. The average Bonchev–Trinajstić information content (AvgIpc) is 2.96. The lowest BCUT2D eigenvalue weighted by Crippen LogP contribution is -1.95. The molecule has 0 fully saturated rings. The number of benzene rings is 1. The Labute approximate surface area is 99.4 Å². The molecule has 5 nitrogen and oxygen atoms in total. The second-order valence-corrected chi connectivity index (χ2v) is 4.23. The number of carboxylic acids is 1. The molecule has 0 saturated heterocycles. The molecule has 3 rings (SSSR count). The standard InChI is InChI=1S/C11H6N2O3S/c14-11(15)6-2-1-3-7-9(6)16-10(13-7)8-4-12-5-17-8/h1-5H,(H,14,15). The highest BCUT2D eigenvalue weighted by molar-refractivity contribution is 7.13. The van der Waals surface area contributed by atoms with Gasteiger partial charge < -0.3 is 9.52 Å². The molecule has 2 heterocycles. The van der Waals surface area contributed by atoms with Crippen LogP contribution in [0.5, 0.6) is 0 Å². The third-order valence-electron chi connectivity index (χ3n) is 2.29. The van der Waals surface area contributed by atoms with Crippen LogP contribution in [0, 0.1) is 0 Å². The van der Waals surface area contributed by atoms with Crippen molar-refractivity contribution in [3.63, 3.8) is 0 Å². The van der Waals surface area contributed by atoms with Crippen molar-refractivity contribution in [3.8, 4) is 10.8 Å². The number of hydrogen-bond acceptors (Lipinski definition) is 5. The minimum Gasteiger partial charge on any atom is -0.478 e. The summed E-state index contributed by atoms with van der Waals surface area (Å²) in [6, 6.07) is 4.85. The molecular weight excluding hydrogens is 240 g/mol. The van der Waals surface area contributed by atoms with Gasteiger partial charge in [0.25, 0.3) is 0 Å². The Balaban J connectivity index is 2.26. The van der Waals surface area contributed by atoms with Crippen molar-refractivity contribution in [2.24, 2.45) is 0 Å². The number of aromatic nitrogens is 2. The zero-order valence-corrected chi connectivity index (χ0v) is 9.27. The number of rotatable bonds is 2. The third-order valence-corrected chi connectivity index (χ3v) is 3.05. The van der Waals surface area contributed by atoms with Gasteiger partial charge in [0.05, 0.1) is 11.7 Å². The zero-order chi connectivity index (χ0) is 11.8. The third kappa shape index (κ3) is 1.58. The largest absolute Gasteiger partial charge is 0.478 e. The second-order valence-electron chi connectivity index (χ2n) is 3.34. The van der Waals surface area contributed by atoms with Crippen molar-refractivity contribution in [2.75, 3.05) is 0 Å². The van der Waals surface area contributed by atoms with E-state index in [4.69, 9.17) is 9.52 Å².